The van der Waals surface area contributed by atoms with Crippen LogP contribution in [0.2, 0.25) is 0 Å². The summed E-state index contributed by atoms with van der Waals surface area (Å²) in [5.74, 6) is 0.909. The number of aromatic nitrogens is 2. The van der Waals surface area contributed by atoms with Gasteiger partial charge in [-0.1, -0.05) is 39.5 Å². The van der Waals surface area contributed by atoms with Crippen LogP contribution < -0.4 is 10.9 Å². The van der Waals surface area contributed by atoms with E-state index >= 15 is 0 Å². The van der Waals surface area contributed by atoms with Crippen LogP contribution in [0, 0.1) is 12.8 Å². The van der Waals surface area contributed by atoms with Crippen molar-refractivity contribution in [3.05, 3.63) is 28.0 Å². The van der Waals surface area contributed by atoms with Gasteiger partial charge in [0.05, 0.1) is 5.56 Å². The van der Waals surface area contributed by atoms with Crippen molar-refractivity contribution in [1.82, 2.24) is 14.9 Å². The summed E-state index contributed by atoms with van der Waals surface area (Å²) in [7, 11) is 1.61. The first kappa shape index (κ1) is 18.2. The first-order valence-electron chi connectivity index (χ1n) is 8.64. The topological polar surface area (TPSA) is 77.1 Å². The molecule has 0 aliphatic carbocycles. The minimum absolute atomic E-state index is 0.217. The molecule has 0 radical (unpaired) electrons. The Balaban J connectivity index is 1.94. The first-order valence-corrected chi connectivity index (χ1v) is 8.64. The summed E-state index contributed by atoms with van der Waals surface area (Å²) in [5.41, 5.74) is 0.253. The van der Waals surface area contributed by atoms with Crippen LogP contribution in [0.15, 0.2) is 15.5 Å². The second kappa shape index (κ2) is 8.13. The largest absolute Gasteiger partial charge is 0.442 e. The van der Waals surface area contributed by atoms with Crippen LogP contribution >= 0.6 is 0 Å². The molecule has 0 fully saturated rings. The van der Waals surface area contributed by atoms with E-state index in [1.807, 2.05) is 0 Å². The van der Waals surface area contributed by atoms with Gasteiger partial charge >= 0.3 is 0 Å². The molecule has 0 aliphatic rings. The van der Waals surface area contributed by atoms with Crippen LogP contribution in [0.4, 0.5) is 0 Å². The highest BCUT2D eigenvalue weighted by molar-refractivity contribution is 6.06. The van der Waals surface area contributed by atoms with Crippen LogP contribution in [-0.2, 0) is 7.05 Å². The number of carbonyl (C=O) groups is 1. The molecule has 1 amide bonds. The maximum Gasteiger partial charge on any atom is 0.265 e. The monoisotopic (exact) mass is 333 g/mol. The van der Waals surface area contributed by atoms with Gasteiger partial charge in [0.25, 0.3) is 11.5 Å². The number of nitrogens with one attached hydrogen (secondary N) is 1. The van der Waals surface area contributed by atoms with Crippen molar-refractivity contribution in [2.45, 2.75) is 52.9 Å². The summed E-state index contributed by atoms with van der Waals surface area (Å²) in [6, 6.07) is 0. The Morgan fingerprint density at radius 2 is 2.00 bits per heavy atom. The van der Waals surface area contributed by atoms with Crippen molar-refractivity contribution in [2.75, 3.05) is 6.54 Å². The van der Waals surface area contributed by atoms with Crippen LogP contribution in [0.1, 0.15) is 62.1 Å². The van der Waals surface area contributed by atoms with E-state index in [0.717, 1.165) is 18.8 Å². The molecule has 2 aromatic heterocycles. The minimum atomic E-state index is -0.268. The normalized spacial score (nSPS) is 11.4. The predicted octanol–water partition coefficient (Wildman–Crippen LogP) is 3.17. The molecule has 0 saturated carbocycles. The summed E-state index contributed by atoms with van der Waals surface area (Å²) in [5, 5.41) is 3.15. The van der Waals surface area contributed by atoms with E-state index in [1.165, 1.54) is 30.2 Å². The second-order valence-electron chi connectivity index (χ2n) is 6.73. The van der Waals surface area contributed by atoms with Gasteiger partial charge in [-0.2, -0.15) is 0 Å². The van der Waals surface area contributed by atoms with E-state index in [9.17, 15) is 9.59 Å². The van der Waals surface area contributed by atoms with Gasteiger partial charge in [-0.15, -0.1) is 0 Å². The Bertz CT molecular complexity index is 759. The molecule has 0 saturated heterocycles. The third kappa shape index (κ3) is 4.24. The molecule has 2 rings (SSSR count). The zero-order chi connectivity index (χ0) is 17.7. The van der Waals surface area contributed by atoms with Gasteiger partial charge in [-0.05, 0) is 19.3 Å². The molecule has 0 aromatic carbocycles. The molecule has 2 heterocycles. The van der Waals surface area contributed by atoms with Crippen molar-refractivity contribution < 1.29 is 9.21 Å². The quantitative estimate of drug-likeness (QED) is 0.753. The SMILES string of the molecule is Cc1oc2ncn(C)c(=O)c2c1C(=O)NCCCCCCC(C)C. The van der Waals surface area contributed by atoms with Gasteiger partial charge in [-0.3, -0.25) is 9.59 Å². The van der Waals surface area contributed by atoms with Gasteiger partial charge in [-0.25, -0.2) is 4.98 Å². The number of amides is 1. The van der Waals surface area contributed by atoms with Gasteiger partial charge in [0, 0.05) is 13.6 Å². The second-order valence-corrected chi connectivity index (χ2v) is 6.73. The number of unbranched alkanes of at least 4 members (excludes halogenated alkanes) is 3. The van der Waals surface area contributed by atoms with Crippen molar-refractivity contribution in [3.63, 3.8) is 0 Å². The summed E-state index contributed by atoms with van der Waals surface area (Å²) in [6.07, 6.45) is 7.11. The van der Waals surface area contributed by atoms with Crippen molar-refractivity contribution in [3.8, 4) is 0 Å². The van der Waals surface area contributed by atoms with Crippen LogP contribution in [0.25, 0.3) is 11.1 Å². The fourth-order valence-corrected chi connectivity index (χ4v) is 2.78. The fraction of sp³-hybridized carbons (Fsp3) is 0.611. The standard InChI is InChI=1S/C18H27N3O3/c1-12(2)9-7-5-6-8-10-19-16(22)14-13(3)24-17-15(14)18(23)21(4)11-20-17/h11-12H,5-10H2,1-4H3,(H,19,22). The van der Waals surface area contributed by atoms with Gasteiger partial charge in [0.1, 0.15) is 17.5 Å². The van der Waals surface area contributed by atoms with Crippen LogP contribution in [0.3, 0.4) is 0 Å². The Morgan fingerprint density at radius 3 is 2.71 bits per heavy atom. The maximum atomic E-state index is 12.4. The van der Waals surface area contributed by atoms with E-state index < -0.39 is 0 Å². The number of furan rings is 1. The summed E-state index contributed by atoms with van der Waals surface area (Å²) < 4.78 is 6.80. The van der Waals surface area contributed by atoms with Gasteiger partial charge < -0.3 is 14.3 Å². The zero-order valence-electron chi connectivity index (χ0n) is 15.0. The smallest absolute Gasteiger partial charge is 0.265 e. The minimum Gasteiger partial charge on any atom is -0.442 e. The van der Waals surface area contributed by atoms with E-state index in [2.05, 4.69) is 24.1 Å². The molecule has 132 valence electrons. The lowest BCUT2D eigenvalue weighted by Crippen LogP contribution is -2.27. The highest BCUT2D eigenvalue weighted by Crippen LogP contribution is 2.20. The molecule has 0 atom stereocenters. The van der Waals surface area contributed by atoms with Crippen LogP contribution in [0.5, 0.6) is 0 Å². The van der Waals surface area contributed by atoms with E-state index in [1.54, 1.807) is 14.0 Å². The van der Waals surface area contributed by atoms with Crippen molar-refractivity contribution in [2.24, 2.45) is 13.0 Å². The molecule has 24 heavy (non-hydrogen) atoms. The average molecular weight is 333 g/mol. The number of hydrogen-bond donors (Lipinski definition) is 1. The molecule has 0 spiro atoms. The molecule has 0 unspecified atom stereocenters. The molecule has 2 aromatic rings. The molecule has 0 aliphatic heterocycles. The average Bonchev–Trinajstić information content (AvgIpc) is 2.86. The molecule has 6 heteroatoms. The summed E-state index contributed by atoms with van der Waals surface area (Å²) in [4.78, 5) is 28.8. The summed E-state index contributed by atoms with van der Waals surface area (Å²) >= 11 is 0. The van der Waals surface area contributed by atoms with Gasteiger partial charge in [0.15, 0.2) is 0 Å². The lowest BCUT2D eigenvalue weighted by atomic mass is 10.0. The zero-order valence-corrected chi connectivity index (χ0v) is 15.0. The molecule has 0 bridgehead atoms. The summed E-state index contributed by atoms with van der Waals surface area (Å²) in [6.45, 7) is 6.75. The number of fused-ring (bicyclic) bond motifs is 1. The number of nitrogens with zero attached hydrogens (tertiary/aromatic N) is 2. The Morgan fingerprint density at radius 1 is 1.29 bits per heavy atom. The lowest BCUT2D eigenvalue weighted by Gasteiger charge is -2.06. The first-order chi connectivity index (χ1) is 11.4. The molecular weight excluding hydrogens is 306 g/mol. The van der Waals surface area contributed by atoms with E-state index in [0.29, 0.717) is 17.9 Å². The van der Waals surface area contributed by atoms with E-state index in [4.69, 9.17) is 4.42 Å². The molecule has 1 N–H and O–H groups in total. The number of aryl methyl sites for hydroxylation is 2. The number of hydrogen-bond acceptors (Lipinski definition) is 4. The highest BCUT2D eigenvalue weighted by atomic mass is 16.3. The third-order valence-corrected chi connectivity index (χ3v) is 4.17. The van der Waals surface area contributed by atoms with Crippen molar-refractivity contribution in [1.29, 1.82) is 0 Å². The van der Waals surface area contributed by atoms with E-state index in [-0.39, 0.29) is 22.6 Å². The van der Waals surface area contributed by atoms with Gasteiger partial charge in [0.2, 0.25) is 5.71 Å². The molecule has 6 nitrogen and oxygen atoms in total. The van der Waals surface area contributed by atoms with Crippen molar-refractivity contribution >= 4 is 17.0 Å². The van der Waals surface area contributed by atoms with Crippen LogP contribution in [-0.4, -0.2) is 22.0 Å². The molecular formula is C18H27N3O3. The highest BCUT2D eigenvalue weighted by Gasteiger charge is 2.21. The Hall–Kier alpha value is -2.11. The lowest BCUT2D eigenvalue weighted by molar-refractivity contribution is 0.0952. The Kier molecular flexibility index (Phi) is 6.17. The number of rotatable bonds is 8. The Labute approximate surface area is 142 Å². The third-order valence-electron chi connectivity index (χ3n) is 4.17. The maximum absolute atomic E-state index is 12.4. The predicted molar refractivity (Wildman–Crippen MR) is 94.2 cm³/mol. The fourth-order valence-electron chi connectivity index (χ4n) is 2.78. The number of carbonyl (C=O) groups excluding carboxylic acids is 1.